The van der Waals surface area contributed by atoms with Gasteiger partial charge in [-0.3, -0.25) is 9.89 Å². The molecule has 0 amide bonds. The predicted molar refractivity (Wildman–Crippen MR) is 61.5 cm³/mol. The molecule has 90 valence electrons. The maximum Gasteiger partial charge on any atom is 0.269 e. The molecule has 6 heteroatoms. The Morgan fingerprint density at radius 1 is 1.50 bits per heavy atom. The molecule has 1 aromatic heterocycles. The maximum atomic E-state index is 11.9. The van der Waals surface area contributed by atoms with Crippen LogP contribution in [0.3, 0.4) is 0 Å². The number of rotatable bonds is 2. The number of H-pyrrole nitrogens is 1. The van der Waals surface area contributed by atoms with Crippen molar-refractivity contribution in [3.63, 3.8) is 0 Å². The average molecular weight is 244 g/mol. The first-order valence-electron chi connectivity index (χ1n) is 5.45. The summed E-state index contributed by atoms with van der Waals surface area (Å²) in [6.45, 7) is 3.74. The fraction of sp³-hybridized carbons (Fsp3) is 0.700. The molecular weight excluding hydrogens is 228 g/mol. The van der Waals surface area contributed by atoms with Crippen molar-refractivity contribution in [2.24, 2.45) is 0 Å². The van der Waals surface area contributed by atoms with E-state index in [1.807, 2.05) is 6.92 Å². The standard InChI is InChI=1S/C10H16N2O3S/c1-3-9-7(2)10(13)12(11-9)8-4-5-16(14,15)6-8/h8,11H,3-6H2,1-2H3. The van der Waals surface area contributed by atoms with E-state index in [9.17, 15) is 13.2 Å². The molecule has 5 nitrogen and oxygen atoms in total. The van der Waals surface area contributed by atoms with Crippen LogP contribution in [0.15, 0.2) is 4.79 Å². The molecule has 0 aliphatic carbocycles. The van der Waals surface area contributed by atoms with Gasteiger partial charge in [-0.1, -0.05) is 6.92 Å². The minimum Gasteiger partial charge on any atom is -0.299 e. The summed E-state index contributed by atoms with van der Waals surface area (Å²) in [5, 5.41) is 3.02. The largest absolute Gasteiger partial charge is 0.299 e. The normalized spacial score (nSPS) is 23.8. The summed E-state index contributed by atoms with van der Waals surface area (Å²) in [4.78, 5) is 11.9. The third-order valence-corrected chi connectivity index (χ3v) is 4.93. The number of sulfone groups is 1. The molecule has 1 N–H and O–H groups in total. The smallest absolute Gasteiger partial charge is 0.269 e. The molecule has 1 aliphatic rings. The zero-order valence-corrected chi connectivity index (χ0v) is 10.3. The molecule has 1 aliphatic heterocycles. The van der Waals surface area contributed by atoms with E-state index in [-0.39, 0.29) is 23.1 Å². The summed E-state index contributed by atoms with van der Waals surface area (Å²) in [6.07, 6.45) is 1.29. The van der Waals surface area contributed by atoms with Gasteiger partial charge in [-0.05, 0) is 19.8 Å². The molecule has 2 rings (SSSR count). The molecule has 1 unspecified atom stereocenters. The van der Waals surface area contributed by atoms with Crippen molar-refractivity contribution < 1.29 is 8.42 Å². The van der Waals surface area contributed by atoms with Crippen LogP contribution in [0.2, 0.25) is 0 Å². The highest BCUT2D eigenvalue weighted by Gasteiger charge is 2.31. The van der Waals surface area contributed by atoms with Gasteiger partial charge in [0.05, 0.1) is 17.5 Å². The monoisotopic (exact) mass is 244 g/mol. The van der Waals surface area contributed by atoms with E-state index in [1.165, 1.54) is 4.68 Å². The second-order valence-electron chi connectivity index (χ2n) is 4.30. The molecule has 0 saturated carbocycles. The Morgan fingerprint density at radius 2 is 2.19 bits per heavy atom. The van der Waals surface area contributed by atoms with E-state index in [0.29, 0.717) is 12.0 Å². The zero-order valence-electron chi connectivity index (χ0n) is 9.49. The van der Waals surface area contributed by atoms with Crippen molar-refractivity contribution >= 4 is 9.84 Å². The number of nitrogens with zero attached hydrogens (tertiary/aromatic N) is 1. The third kappa shape index (κ3) is 1.81. The molecule has 0 bridgehead atoms. The molecule has 0 aromatic carbocycles. The van der Waals surface area contributed by atoms with Crippen LogP contribution in [0.1, 0.15) is 30.6 Å². The van der Waals surface area contributed by atoms with E-state index in [0.717, 1.165) is 12.1 Å². The Bertz CT molecular complexity index is 553. The fourth-order valence-electron chi connectivity index (χ4n) is 2.17. The van der Waals surface area contributed by atoms with Crippen molar-refractivity contribution in [1.82, 2.24) is 9.78 Å². The Hall–Kier alpha value is -1.04. The van der Waals surface area contributed by atoms with Gasteiger partial charge in [-0.2, -0.15) is 0 Å². The third-order valence-electron chi connectivity index (χ3n) is 3.17. The Kier molecular flexibility index (Phi) is 2.69. The molecular formula is C10H16N2O3S. The first-order chi connectivity index (χ1) is 7.44. The topological polar surface area (TPSA) is 71.9 Å². The number of aryl methyl sites for hydroxylation is 1. The number of aromatic nitrogens is 2. The molecule has 0 radical (unpaired) electrons. The molecule has 2 heterocycles. The van der Waals surface area contributed by atoms with E-state index in [1.54, 1.807) is 6.92 Å². The van der Waals surface area contributed by atoms with Crippen LogP contribution < -0.4 is 5.56 Å². The highest BCUT2D eigenvalue weighted by atomic mass is 32.2. The number of hydrogen-bond acceptors (Lipinski definition) is 3. The van der Waals surface area contributed by atoms with Crippen molar-refractivity contribution in [1.29, 1.82) is 0 Å². The van der Waals surface area contributed by atoms with Crippen LogP contribution >= 0.6 is 0 Å². The van der Waals surface area contributed by atoms with Crippen LogP contribution in [0.5, 0.6) is 0 Å². The Morgan fingerprint density at radius 3 is 2.62 bits per heavy atom. The maximum absolute atomic E-state index is 11.9. The Labute approximate surface area is 94.4 Å². The minimum absolute atomic E-state index is 0.0794. The van der Waals surface area contributed by atoms with Gasteiger partial charge in [0.1, 0.15) is 0 Å². The fourth-order valence-corrected chi connectivity index (χ4v) is 3.87. The molecule has 1 atom stereocenters. The van der Waals surface area contributed by atoms with Crippen LogP contribution in [0.4, 0.5) is 0 Å². The van der Waals surface area contributed by atoms with Gasteiger partial charge in [0.15, 0.2) is 9.84 Å². The summed E-state index contributed by atoms with van der Waals surface area (Å²) >= 11 is 0. The quantitative estimate of drug-likeness (QED) is 0.819. The average Bonchev–Trinajstić information content (AvgIpc) is 2.70. The van der Waals surface area contributed by atoms with Gasteiger partial charge in [-0.15, -0.1) is 0 Å². The predicted octanol–water partition coefficient (Wildman–Crippen LogP) is 0.407. The number of nitrogens with one attached hydrogen (secondary N) is 1. The van der Waals surface area contributed by atoms with E-state index in [2.05, 4.69) is 5.10 Å². The highest BCUT2D eigenvalue weighted by Crippen LogP contribution is 2.22. The van der Waals surface area contributed by atoms with Crippen molar-refractivity contribution in [3.05, 3.63) is 21.6 Å². The van der Waals surface area contributed by atoms with E-state index < -0.39 is 9.84 Å². The second kappa shape index (κ2) is 3.76. The van der Waals surface area contributed by atoms with Crippen molar-refractivity contribution in [3.8, 4) is 0 Å². The minimum atomic E-state index is -2.95. The molecule has 1 fully saturated rings. The van der Waals surface area contributed by atoms with Gasteiger partial charge >= 0.3 is 0 Å². The van der Waals surface area contributed by atoms with Crippen LogP contribution in [-0.4, -0.2) is 29.7 Å². The van der Waals surface area contributed by atoms with E-state index in [4.69, 9.17) is 0 Å². The van der Waals surface area contributed by atoms with Gasteiger partial charge in [-0.25, -0.2) is 13.1 Å². The SMILES string of the molecule is CCc1[nH]n(C2CCS(=O)(=O)C2)c(=O)c1C. The summed E-state index contributed by atoms with van der Waals surface area (Å²) in [5.41, 5.74) is 1.51. The number of aromatic amines is 1. The first kappa shape index (κ1) is 11.4. The van der Waals surface area contributed by atoms with Crippen LogP contribution in [0, 0.1) is 6.92 Å². The lowest BCUT2D eigenvalue weighted by molar-refractivity contribution is 0.482. The van der Waals surface area contributed by atoms with Crippen molar-refractivity contribution in [2.45, 2.75) is 32.7 Å². The molecule has 1 saturated heterocycles. The lowest BCUT2D eigenvalue weighted by Gasteiger charge is -2.07. The highest BCUT2D eigenvalue weighted by molar-refractivity contribution is 7.91. The van der Waals surface area contributed by atoms with E-state index >= 15 is 0 Å². The van der Waals surface area contributed by atoms with Gasteiger partial charge < -0.3 is 0 Å². The number of hydrogen-bond donors (Lipinski definition) is 1. The zero-order chi connectivity index (χ0) is 11.9. The van der Waals surface area contributed by atoms with Gasteiger partial charge in [0.25, 0.3) is 5.56 Å². The lowest BCUT2D eigenvalue weighted by Crippen LogP contribution is -2.24. The van der Waals surface area contributed by atoms with Crippen molar-refractivity contribution in [2.75, 3.05) is 11.5 Å². The first-order valence-corrected chi connectivity index (χ1v) is 7.27. The van der Waals surface area contributed by atoms with Gasteiger partial charge in [0.2, 0.25) is 0 Å². The second-order valence-corrected chi connectivity index (χ2v) is 6.53. The lowest BCUT2D eigenvalue weighted by atomic mass is 10.2. The Balaban J connectivity index is 2.39. The summed E-state index contributed by atoms with van der Waals surface area (Å²) in [6, 6.07) is -0.212. The van der Waals surface area contributed by atoms with Crippen LogP contribution in [-0.2, 0) is 16.3 Å². The summed E-state index contributed by atoms with van der Waals surface area (Å²) in [7, 11) is -2.95. The van der Waals surface area contributed by atoms with Crippen LogP contribution in [0.25, 0.3) is 0 Å². The van der Waals surface area contributed by atoms with Gasteiger partial charge in [0, 0.05) is 11.3 Å². The summed E-state index contributed by atoms with van der Waals surface area (Å²) < 4.78 is 24.2. The summed E-state index contributed by atoms with van der Waals surface area (Å²) in [5.74, 6) is 0.264. The molecule has 0 spiro atoms. The molecule has 1 aromatic rings. The molecule has 16 heavy (non-hydrogen) atoms.